The van der Waals surface area contributed by atoms with E-state index >= 15 is 0 Å². The zero-order chi connectivity index (χ0) is 13.0. The zero-order valence-electron chi connectivity index (χ0n) is 11.3. The maximum atomic E-state index is 12.1. The van der Waals surface area contributed by atoms with E-state index in [1.165, 1.54) is 0 Å². The highest BCUT2D eigenvalue weighted by Gasteiger charge is 2.29. The van der Waals surface area contributed by atoms with Gasteiger partial charge in [0, 0.05) is 25.2 Å². The molecule has 1 fully saturated rings. The molecule has 2 unspecified atom stereocenters. The Kier molecular flexibility index (Phi) is 6.12. The summed E-state index contributed by atoms with van der Waals surface area (Å²) in [6, 6.07) is 10.1. The topological polar surface area (TPSA) is 41.6 Å². The van der Waals surface area contributed by atoms with Crippen LogP contribution >= 0.6 is 12.4 Å². The molecule has 1 aliphatic rings. The summed E-state index contributed by atoms with van der Waals surface area (Å²) >= 11 is 0. The molecule has 1 N–H and O–H groups in total. The lowest BCUT2D eigenvalue weighted by Crippen LogP contribution is -2.57. The molecule has 0 bridgehead atoms. The second kappa shape index (κ2) is 7.36. The standard InChI is InChI=1S/C14H20N2O2.ClH/c1-11-8-15-9-12(2)16(11)14(17)18-10-13-6-4-3-5-7-13;/h3-7,11-12,15H,8-10H2,1-2H3;1H. The zero-order valence-corrected chi connectivity index (χ0v) is 12.2. The van der Waals surface area contributed by atoms with Crippen molar-refractivity contribution in [3.8, 4) is 0 Å². The Bertz CT molecular complexity index is 390. The van der Waals surface area contributed by atoms with Gasteiger partial charge in [-0.2, -0.15) is 0 Å². The fourth-order valence-corrected chi connectivity index (χ4v) is 2.29. The average Bonchev–Trinajstić information content (AvgIpc) is 2.37. The number of carbonyl (C=O) groups excluding carboxylic acids is 1. The molecular weight excluding hydrogens is 264 g/mol. The number of nitrogens with zero attached hydrogens (tertiary/aromatic N) is 1. The summed E-state index contributed by atoms with van der Waals surface area (Å²) in [6.07, 6.45) is -0.222. The minimum absolute atomic E-state index is 0. The Balaban J connectivity index is 0.00000180. The molecule has 106 valence electrons. The normalized spacial score (nSPS) is 22.5. The van der Waals surface area contributed by atoms with Crippen molar-refractivity contribution in [3.05, 3.63) is 35.9 Å². The summed E-state index contributed by atoms with van der Waals surface area (Å²) in [5, 5.41) is 3.29. The Labute approximate surface area is 120 Å². The van der Waals surface area contributed by atoms with E-state index in [1.807, 2.05) is 49.1 Å². The molecule has 1 aromatic carbocycles. The summed E-state index contributed by atoms with van der Waals surface area (Å²) in [7, 11) is 0. The highest BCUT2D eigenvalue weighted by Crippen LogP contribution is 2.12. The lowest BCUT2D eigenvalue weighted by atomic mass is 10.1. The molecule has 1 amide bonds. The van der Waals surface area contributed by atoms with E-state index in [0.29, 0.717) is 6.61 Å². The largest absolute Gasteiger partial charge is 0.445 e. The lowest BCUT2D eigenvalue weighted by Gasteiger charge is -2.38. The van der Waals surface area contributed by atoms with Crippen LogP contribution in [0.1, 0.15) is 19.4 Å². The van der Waals surface area contributed by atoms with E-state index in [1.54, 1.807) is 0 Å². The smallest absolute Gasteiger partial charge is 0.410 e. The number of piperazine rings is 1. The summed E-state index contributed by atoms with van der Waals surface area (Å²) in [5.74, 6) is 0. The Morgan fingerprint density at radius 3 is 2.42 bits per heavy atom. The second-order valence-corrected chi connectivity index (χ2v) is 4.80. The highest BCUT2D eigenvalue weighted by atomic mass is 35.5. The number of nitrogens with one attached hydrogen (secondary N) is 1. The van der Waals surface area contributed by atoms with Gasteiger partial charge in [-0.1, -0.05) is 30.3 Å². The van der Waals surface area contributed by atoms with Crippen LogP contribution in [-0.4, -0.2) is 36.2 Å². The molecule has 19 heavy (non-hydrogen) atoms. The van der Waals surface area contributed by atoms with Gasteiger partial charge in [0.15, 0.2) is 0 Å². The molecule has 4 nitrogen and oxygen atoms in total. The van der Waals surface area contributed by atoms with Crippen molar-refractivity contribution < 1.29 is 9.53 Å². The third-order valence-corrected chi connectivity index (χ3v) is 3.25. The minimum atomic E-state index is -0.222. The van der Waals surface area contributed by atoms with Crippen LogP contribution in [0.4, 0.5) is 4.79 Å². The van der Waals surface area contributed by atoms with Crippen LogP contribution in [0.2, 0.25) is 0 Å². The van der Waals surface area contributed by atoms with E-state index in [0.717, 1.165) is 18.7 Å². The van der Waals surface area contributed by atoms with E-state index in [-0.39, 0.29) is 30.6 Å². The predicted molar refractivity (Wildman–Crippen MR) is 77.5 cm³/mol. The van der Waals surface area contributed by atoms with E-state index in [2.05, 4.69) is 5.32 Å². The maximum Gasteiger partial charge on any atom is 0.410 e. The molecule has 5 heteroatoms. The van der Waals surface area contributed by atoms with Crippen molar-refractivity contribution >= 4 is 18.5 Å². The van der Waals surface area contributed by atoms with Crippen LogP contribution in [0.25, 0.3) is 0 Å². The van der Waals surface area contributed by atoms with Gasteiger partial charge in [-0.25, -0.2) is 4.79 Å². The first-order valence-corrected chi connectivity index (χ1v) is 6.38. The number of halogens is 1. The summed E-state index contributed by atoms with van der Waals surface area (Å²) in [5.41, 5.74) is 1.02. The molecule has 0 radical (unpaired) electrons. The number of hydrogen-bond donors (Lipinski definition) is 1. The number of amides is 1. The molecular formula is C14H21ClN2O2. The molecule has 0 aromatic heterocycles. The van der Waals surface area contributed by atoms with Gasteiger partial charge in [-0.05, 0) is 19.4 Å². The van der Waals surface area contributed by atoms with Crippen LogP contribution in [-0.2, 0) is 11.3 Å². The molecule has 1 aromatic rings. The SMILES string of the molecule is CC1CNCC(C)N1C(=O)OCc1ccccc1.Cl. The van der Waals surface area contributed by atoms with Gasteiger partial charge >= 0.3 is 6.09 Å². The first-order valence-electron chi connectivity index (χ1n) is 6.38. The summed E-state index contributed by atoms with van der Waals surface area (Å²) in [4.78, 5) is 13.9. The third-order valence-electron chi connectivity index (χ3n) is 3.25. The van der Waals surface area contributed by atoms with Gasteiger partial charge in [0.2, 0.25) is 0 Å². The molecule has 0 aliphatic carbocycles. The van der Waals surface area contributed by atoms with Crippen LogP contribution in [0.3, 0.4) is 0 Å². The van der Waals surface area contributed by atoms with Crippen molar-refractivity contribution in [2.24, 2.45) is 0 Å². The van der Waals surface area contributed by atoms with E-state index in [4.69, 9.17) is 4.74 Å². The first-order chi connectivity index (χ1) is 8.68. The molecule has 2 atom stereocenters. The van der Waals surface area contributed by atoms with Crippen molar-refractivity contribution in [1.82, 2.24) is 10.2 Å². The second-order valence-electron chi connectivity index (χ2n) is 4.80. The van der Waals surface area contributed by atoms with Crippen LogP contribution in [0, 0.1) is 0 Å². The van der Waals surface area contributed by atoms with Crippen LogP contribution in [0.15, 0.2) is 30.3 Å². The van der Waals surface area contributed by atoms with Gasteiger partial charge in [-0.15, -0.1) is 12.4 Å². The molecule has 2 rings (SSSR count). The van der Waals surface area contributed by atoms with Crippen molar-refractivity contribution in [2.75, 3.05) is 13.1 Å². The third kappa shape index (κ3) is 4.11. The first kappa shape index (κ1) is 15.8. The Morgan fingerprint density at radius 1 is 1.26 bits per heavy atom. The van der Waals surface area contributed by atoms with Crippen molar-refractivity contribution in [3.63, 3.8) is 0 Å². The Morgan fingerprint density at radius 2 is 1.84 bits per heavy atom. The van der Waals surface area contributed by atoms with E-state index < -0.39 is 0 Å². The highest BCUT2D eigenvalue weighted by molar-refractivity contribution is 5.85. The van der Waals surface area contributed by atoms with Gasteiger partial charge in [0.25, 0.3) is 0 Å². The fraction of sp³-hybridized carbons (Fsp3) is 0.500. The van der Waals surface area contributed by atoms with Gasteiger partial charge in [0.05, 0.1) is 0 Å². The van der Waals surface area contributed by atoms with Crippen LogP contribution in [0.5, 0.6) is 0 Å². The predicted octanol–water partition coefficient (Wildman–Crippen LogP) is 2.43. The van der Waals surface area contributed by atoms with Crippen molar-refractivity contribution in [2.45, 2.75) is 32.5 Å². The number of ether oxygens (including phenoxy) is 1. The van der Waals surface area contributed by atoms with Gasteiger partial charge in [-0.3, -0.25) is 0 Å². The van der Waals surface area contributed by atoms with Gasteiger partial charge < -0.3 is 15.0 Å². The number of carbonyl (C=O) groups is 1. The molecule has 0 saturated carbocycles. The quantitative estimate of drug-likeness (QED) is 0.907. The summed E-state index contributed by atoms with van der Waals surface area (Å²) < 4.78 is 5.37. The molecule has 1 aliphatic heterocycles. The number of benzene rings is 1. The molecule has 1 heterocycles. The summed E-state index contributed by atoms with van der Waals surface area (Å²) in [6.45, 7) is 6.05. The Hall–Kier alpha value is -1.26. The molecule has 1 saturated heterocycles. The number of rotatable bonds is 2. The van der Waals surface area contributed by atoms with Crippen LogP contribution < -0.4 is 5.32 Å². The molecule has 0 spiro atoms. The maximum absolute atomic E-state index is 12.1. The van der Waals surface area contributed by atoms with Crippen molar-refractivity contribution in [1.29, 1.82) is 0 Å². The monoisotopic (exact) mass is 284 g/mol. The lowest BCUT2D eigenvalue weighted by molar-refractivity contribution is 0.0564. The minimum Gasteiger partial charge on any atom is -0.445 e. The van der Waals surface area contributed by atoms with E-state index in [9.17, 15) is 4.79 Å². The van der Waals surface area contributed by atoms with Gasteiger partial charge in [0.1, 0.15) is 6.61 Å². The average molecular weight is 285 g/mol. The number of hydrogen-bond acceptors (Lipinski definition) is 3. The fourth-order valence-electron chi connectivity index (χ4n) is 2.29.